The molecule has 0 radical (unpaired) electrons. The fourth-order valence-corrected chi connectivity index (χ4v) is 1.70. The Morgan fingerprint density at radius 3 is 2.25 bits per heavy atom. The molecule has 0 bridgehead atoms. The van der Waals surface area contributed by atoms with Gasteiger partial charge in [0.1, 0.15) is 0 Å². The third-order valence-electron chi connectivity index (χ3n) is 2.81. The first kappa shape index (κ1) is 18.3. The van der Waals surface area contributed by atoms with Gasteiger partial charge >= 0.3 is 0 Å². The van der Waals surface area contributed by atoms with Crippen LogP contribution in [0.25, 0.3) is 0 Å². The second-order valence-corrected chi connectivity index (χ2v) is 4.37. The maximum absolute atomic E-state index is 11.7. The summed E-state index contributed by atoms with van der Waals surface area (Å²) in [6.07, 6.45) is 1.32. The predicted molar refractivity (Wildman–Crippen MR) is 82.2 cm³/mol. The number of carbonyl (C=O) groups is 2. The molecule has 1 amide bonds. The number of benzene rings is 1. The predicted octanol–water partition coefficient (Wildman–Crippen LogP) is 2.59. The van der Waals surface area contributed by atoms with Crippen molar-refractivity contribution in [1.29, 1.82) is 0 Å². The van der Waals surface area contributed by atoms with Crippen LogP contribution in [0.5, 0.6) is 0 Å². The van der Waals surface area contributed by atoms with E-state index in [4.69, 9.17) is 5.73 Å². The van der Waals surface area contributed by atoms with Gasteiger partial charge < -0.3 is 11.1 Å². The highest BCUT2D eigenvalue weighted by molar-refractivity contribution is 6.38. The summed E-state index contributed by atoms with van der Waals surface area (Å²) in [6.45, 7) is 7.77. The molecular weight excluding hydrogens is 252 g/mol. The van der Waals surface area contributed by atoms with Crippen LogP contribution in [0.4, 0.5) is 0 Å². The molecule has 0 fully saturated rings. The zero-order valence-corrected chi connectivity index (χ0v) is 12.8. The SMILES string of the molecule is CC.CCCC(N)C(=O)C(=O)NC(C)c1ccccc1. The fourth-order valence-electron chi connectivity index (χ4n) is 1.70. The summed E-state index contributed by atoms with van der Waals surface area (Å²) in [4.78, 5) is 23.4. The van der Waals surface area contributed by atoms with Crippen molar-refractivity contribution in [3.63, 3.8) is 0 Å². The Balaban J connectivity index is 0.00000172. The minimum absolute atomic E-state index is 0.198. The number of amides is 1. The smallest absolute Gasteiger partial charge is 0.289 e. The molecule has 0 heterocycles. The van der Waals surface area contributed by atoms with Crippen molar-refractivity contribution >= 4 is 11.7 Å². The highest BCUT2D eigenvalue weighted by Gasteiger charge is 2.22. The van der Waals surface area contributed by atoms with Crippen molar-refractivity contribution in [2.45, 2.75) is 52.6 Å². The van der Waals surface area contributed by atoms with E-state index in [0.29, 0.717) is 6.42 Å². The van der Waals surface area contributed by atoms with Crippen LogP contribution in [0.1, 0.15) is 52.1 Å². The molecule has 0 aliphatic carbocycles. The van der Waals surface area contributed by atoms with Crippen molar-refractivity contribution < 1.29 is 9.59 Å². The summed E-state index contributed by atoms with van der Waals surface area (Å²) in [6, 6.07) is 8.60. The molecule has 0 saturated heterocycles. The standard InChI is InChI=1S/C14H20N2O2.C2H6/c1-3-7-12(15)13(17)14(18)16-10(2)11-8-5-4-6-9-11;1-2/h4-6,8-10,12H,3,7,15H2,1-2H3,(H,16,18);1-2H3. The number of nitrogens with one attached hydrogen (secondary N) is 1. The van der Waals surface area contributed by atoms with Crippen LogP contribution in [-0.4, -0.2) is 17.7 Å². The van der Waals surface area contributed by atoms with Crippen LogP contribution < -0.4 is 11.1 Å². The van der Waals surface area contributed by atoms with Crippen molar-refractivity contribution in [3.8, 4) is 0 Å². The van der Waals surface area contributed by atoms with Gasteiger partial charge in [-0.05, 0) is 18.9 Å². The van der Waals surface area contributed by atoms with Gasteiger partial charge in [-0.2, -0.15) is 0 Å². The van der Waals surface area contributed by atoms with Crippen molar-refractivity contribution in [1.82, 2.24) is 5.32 Å². The topological polar surface area (TPSA) is 72.2 Å². The summed E-state index contributed by atoms with van der Waals surface area (Å²) in [5.74, 6) is -1.15. The first-order chi connectivity index (χ1) is 9.56. The number of Topliss-reactive ketones (excluding diaryl/α,β-unsaturated/α-hetero) is 1. The van der Waals surface area contributed by atoms with Gasteiger partial charge in [0.2, 0.25) is 5.78 Å². The van der Waals surface area contributed by atoms with Crippen molar-refractivity contribution in [3.05, 3.63) is 35.9 Å². The lowest BCUT2D eigenvalue weighted by Gasteiger charge is -2.15. The Morgan fingerprint density at radius 2 is 1.75 bits per heavy atom. The summed E-state index contributed by atoms with van der Waals surface area (Å²) in [5.41, 5.74) is 6.59. The zero-order chi connectivity index (χ0) is 15.5. The van der Waals surface area contributed by atoms with E-state index in [-0.39, 0.29) is 6.04 Å². The lowest BCUT2D eigenvalue weighted by Crippen LogP contribution is -2.43. The highest BCUT2D eigenvalue weighted by atomic mass is 16.2. The number of hydrogen-bond donors (Lipinski definition) is 2. The van der Waals surface area contributed by atoms with Gasteiger partial charge in [0.05, 0.1) is 12.1 Å². The average Bonchev–Trinajstić information content (AvgIpc) is 2.49. The van der Waals surface area contributed by atoms with E-state index < -0.39 is 17.7 Å². The van der Waals surface area contributed by atoms with Gasteiger partial charge in [0.15, 0.2) is 0 Å². The van der Waals surface area contributed by atoms with E-state index in [1.165, 1.54) is 0 Å². The van der Waals surface area contributed by atoms with Gasteiger partial charge in [0, 0.05) is 0 Å². The van der Waals surface area contributed by atoms with Crippen molar-refractivity contribution in [2.24, 2.45) is 5.73 Å². The molecule has 4 heteroatoms. The maximum Gasteiger partial charge on any atom is 0.289 e. The highest BCUT2D eigenvalue weighted by Crippen LogP contribution is 2.11. The lowest BCUT2D eigenvalue weighted by atomic mass is 10.1. The molecule has 2 atom stereocenters. The zero-order valence-electron chi connectivity index (χ0n) is 12.8. The minimum atomic E-state index is -0.696. The first-order valence-electron chi connectivity index (χ1n) is 7.21. The molecule has 1 aromatic rings. The Labute approximate surface area is 121 Å². The largest absolute Gasteiger partial charge is 0.343 e. The second kappa shape index (κ2) is 10.1. The molecule has 4 nitrogen and oxygen atoms in total. The van der Waals surface area contributed by atoms with Gasteiger partial charge in [0.25, 0.3) is 5.91 Å². The molecule has 112 valence electrons. The van der Waals surface area contributed by atoms with Crippen LogP contribution in [0.15, 0.2) is 30.3 Å². The van der Waals surface area contributed by atoms with E-state index >= 15 is 0 Å². The summed E-state index contributed by atoms with van der Waals surface area (Å²) < 4.78 is 0. The fraction of sp³-hybridized carbons (Fsp3) is 0.500. The van der Waals surface area contributed by atoms with E-state index in [1.54, 1.807) is 0 Å². The number of carbonyl (C=O) groups excluding carboxylic acids is 2. The molecule has 1 aromatic carbocycles. The summed E-state index contributed by atoms with van der Waals surface area (Å²) >= 11 is 0. The molecule has 3 N–H and O–H groups in total. The molecule has 0 aromatic heterocycles. The minimum Gasteiger partial charge on any atom is -0.343 e. The van der Waals surface area contributed by atoms with E-state index in [2.05, 4.69) is 5.32 Å². The monoisotopic (exact) mass is 278 g/mol. The van der Waals surface area contributed by atoms with Crippen LogP contribution in [0.2, 0.25) is 0 Å². The number of ketones is 1. The molecule has 0 aliphatic rings. The normalized spacial score (nSPS) is 12.7. The Kier molecular flexibility index (Phi) is 9.30. The quantitative estimate of drug-likeness (QED) is 0.786. The van der Waals surface area contributed by atoms with E-state index in [0.717, 1.165) is 12.0 Å². The molecular formula is C16H26N2O2. The maximum atomic E-state index is 11.7. The lowest BCUT2D eigenvalue weighted by molar-refractivity contribution is -0.139. The first-order valence-corrected chi connectivity index (χ1v) is 7.21. The Morgan fingerprint density at radius 1 is 1.20 bits per heavy atom. The average molecular weight is 278 g/mol. The van der Waals surface area contributed by atoms with Crippen LogP contribution in [0, 0.1) is 0 Å². The molecule has 0 saturated carbocycles. The van der Waals surface area contributed by atoms with Crippen LogP contribution >= 0.6 is 0 Å². The molecule has 2 unspecified atom stereocenters. The van der Waals surface area contributed by atoms with Gasteiger partial charge in [-0.15, -0.1) is 0 Å². The third kappa shape index (κ3) is 5.97. The molecule has 20 heavy (non-hydrogen) atoms. The number of hydrogen-bond acceptors (Lipinski definition) is 3. The van der Waals surface area contributed by atoms with E-state index in [9.17, 15) is 9.59 Å². The number of rotatable bonds is 6. The third-order valence-corrected chi connectivity index (χ3v) is 2.81. The van der Waals surface area contributed by atoms with E-state index in [1.807, 2.05) is 58.0 Å². The Bertz CT molecular complexity index is 404. The van der Waals surface area contributed by atoms with Gasteiger partial charge in [-0.3, -0.25) is 9.59 Å². The summed E-state index contributed by atoms with van der Waals surface area (Å²) in [5, 5.41) is 2.67. The van der Waals surface area contributed by atoms with Crippen LogP contribution in [-0.2, 0) is 9.59 Å². The second-order valence-electron chi connectivity index (χ2n) is 4.37. The van der Waals surface area contributed by atoms with Crippen molar-refractivity contribution in [2.75, 3.05) is 0 Å². The van der Waals surface area contributed by atoms with Gasteiger partial charge in [-0.25, -0.2) is 0 Å². The van der Waals surface area contributed by atoms with Gasteiger partial charge in [-0.1, -0.05) is 57.5 Å². The summed E-state index contributed by atoms with van der Waals surface area (Å²) in [7, 11) is 0. The molecule has 0 aliphatic heterocycles. The molecule has 0 spiro atoms. The Hall–Kier alpha value is -1.68. The van der Waals surface area contributed by atoms with Crippen LogP contribution in [0.3, 0.4) is 0 Å². The number of nitrogens with two attached hydrogens (primary N) is 1. The molecule has 1 rings (SSSR count).